The van der Waals surface area contributed by atoms with Gasteiger partial charge < -0.3 is 0 Å². The zero-order chi connectivity index (χ0) is 49.7. The van der Waals surface area contributed by atoms with E-state index in [1.807, 2.05) is 0 Å². The smallest absolute Gasteiger partial charge is 0.0648 e. The van der Waals surface area contributed by atoms with E-state index < -0.39 is 16.1 Å². The Morgan fingerprint density at radius 2 is 0.603 bits per heavy atom. The van der Waals surface area contributed by atoms with Gasteiger partial charge in [0.1, 0.15) is 0 Å². The van der Waals surface area contributed by atoms with Crippen LogP contribution in [0.3, 0.4) is 0 Å². The molecule has 7 aromatic carbocycles. The van der Waals surface area contributed by atoms with Gasteiger partial charge in [-0.3, -0.25) is 0 Å². The van der Waals surface area contributed by atoms with E-state index in [2.05, 4.69) is 213 Å². The van der Waals surface area contributed by atoms with Gasteiger partial charge in [-0.05, 0) is 191 Å². The summed E-state index contributed by atoms with van der Waals surface area (Å²) in [4.78, 5) is 0. The lowest BCUT2D eigenvalue weighted by molar-refractivity contribution is 0.806. The molecule has 0 aliphatic carbocycles. The lowest BCUT2D eigenvalue weighted by atomic mass is 9.76. The Bertz CT molecular complexity index is 2840. The highest BCUT2D eigenvalue weighted by Gasteiger charge is 2.55. The highest BCUT2D eigenvalue weighted by Crippen LogP contribution is 2.60. The Kier molecular flexibility index (Phi) is 12.3. The lowest BCUT2D eigenvalue weighted by Crippen LogP contribution is -2.54. The van der Waals surface area contributed by atoms with E-state index in [4.69, 9.17) is 0 Å². The first kappa shape index (κ1) is 49.3. The van der Waals surface area contributed by atoms with Crippen LogP contribution in [0.2, 0.25) is 22.2 Å². The van der Waals surface area contributed by atoms with Gasteiger partial charge in [0.2, 0.25) is 0 Å². The van der Waals surface area contributed by atoms with Crippen LogP contribution in [-0.4, -0.2) is 16.1 Å². The molecular weight excluding hydrogens is 849 g/mol. The van der Waals surface area contributed by atoms with E-state index in [1.54, 1.807) is 65.3 Å². The molecule has 0 saturated heterocycles. The summed E-state index contributed by atoms with van der Waals surface area (Å²) in [5, 5.41) is 15.8. The molecule has 2 heteroatoms. The van der Waals surface area contributed by atoms with E-state index in [1.165, 1.54) is 54.9 Å². The van der Waals surface area contributed by atoms with E-state index >= 15 is 0 Å². The van der Waals surface area contributed by atoms with Crippen LogP contribution in [0.5, 0.6) is 0 Å². The second kappa shape index (κ2) is 17.0. The molecule has 0 fully saturated rings. The maximum atomic E-state index is 2.79. The van der Waals surface area contributed by atoms with Crippen LogP contribution in [0.4, 0.5) is 0 Å². The first-order valence-corrected chi connectivity index (χ1v) is 32.0. The SMILES string of the molecule is CC(C)c1cc(C(C)C)c(-c2cc3c4ccc5c6c(c(-c7c(C(C)C)cc(C(C)C)cc7C(C)C)cc(c7ccc8c(c2C(C)[Si]8(C(C)C)C(C)C)c73)c64)C(C)[Si]5(C(C)C)C(C)C)c(C(C)C)c1. The maximum Gasteiger partial charge on any atom is 0.0996 e. The molecule has 0 amide bonds. The van der Waals surface area contributed by atoms with Crippen molar-refractivity contribution in [3.63, 3.8) is 0 Å². The van der Waals surface area contributed by atoms with Crippen LogP contribution < -0.4 is 10.4 Å². The van der Waals surface area contributed by atoms with Crippen LogP contribution in [0.25, 0.3) is 65.3 Å². The lowest BCUT2D eigenvalue weighted by Gasteiger charge is -2.41. The third kappa shape index (κ3) is 6.46. The molecule has 2 atom stereocenters. The van der Waals surface area contributed by atoms with Gasteiger partial charge in [-0.15, -0.1) is 0 Å². The van der Waals surface area contributed by atoms with Crippen LogP contribution >= 0.6 is 0 Å². The number of rotatable bonds is 12. The molecule has 0 N–H and O–H groups in total. The van der Waals surface area contributed by atoms with Gasteiger partial charge >= 0.3 is 0 Å². The third-order valence-corrected chi connectivity index (χ3v) is 32.9. The largest absolute Gasteiger partial charge is 0.0996 e. The number of hydrogen-bond acceptors (Lipinski definition) is 0. The average molecular weight is 938 g/mol. The quantitative estimate of drug-likeness (QED) is 0.0651. The van der Waals surface area contributed by atoms with Gasteiger partial charge in [0, 0.05) is 0 Å². The molecule has 0 aromatic heterocycles. The average Bonchev–Trinajstić information content (AvgIpc) is 3.70. The summed E-state index contributed by atoms with van der Waals surface area (Å²) in [5.41, 5.74) is 22.0. The van der Waals surface area contributed by atoms with Crippen molar-refractivity contribution >= 4 is 69.6 Å². The van der Waals surface area contributed by atoms with E-state index in [0.29, 0.717) is 68.8 Å². The molecule has 0 nitrogen and oxygen atoms in total. The zero-order valence-electron chi connectivity index (χ0n) is 46.7. The first-order chi connectivity index (χ1) is 31.9. The number of benzene rings is 7. The maximum absolute atomic E-state index is 2.79. The van der Waals surface area contributed by atoms with Crippen molar-refractivity contribution in [1.82, 2.24) is 0 Å². The minimum Gasteiger partial charge on any atom is -0.0648 e. The number of hydrogen-bond donors (Lipinski definition) is 0. The van der Waals surface area contributed by atoms with Gasteiger partial charge in [-0.2, -0.15) is 0 Å². The Labute approximate surface area is 415 Å². The van der Waals surface area contributed by atoms with Crippen LogP contribution in [-0.2, 0) is 0 Å². The molecule has 0 radical (unpaired) electrons. The number of fused-ring (bicyclic) bond motifs is 2. The van der Waals surface area contributed by atoms with E-state index in [-0.39, 0.29) is 0 Å². The molecule has 9 rings (SSSR count). The molecule has 2 heterocycles. The Balaban J connectivity index is 1.58. The molecule has 0 bridgehead atoms. The molecule has 2 aliphatic heterocycles. The Hall–Kier alpha value is -3.73. The van der Waals surface area contributed by atoms with Gasteiger partial charge in [-0.25, -0.2) is 0 Å². The molecule has 2 aliphatic rings. The van der Waals surface area contributed by atoms with Crippen LogP contribution in [0.15, 0.2) is 60.7 Å². The Morgan fingerprint density at radius 3 is 0.838 bits per heavy atom. The van der Waals surface area contributed by atoms with Crippen LogP contribution in [0, 0.1) is 0 Å². The van der Waals surface area contributed by atoms with Crippen molar-refractivity contribution in [1.29, 1.82) is 0 Å². The van der Waals surface area contributed by atoms with Crippen LogP contribution in [0.1, 0.15) is 243 Å². The zero-order valence-corrected chi connectivity index (χ0v) is 48.7. The topological polar surface area (TPSA) is 0 Å². The van der Waals surface area contributed by atoms with Gasteiger partial charge in [0.05, 0.1) is 16.1 Å². The third-order valence-electron chi connectivity index (χ3n) is 19.1. The van der Waals surface area contributed by atoms with Crippen molar-refractivity contribution in [3.8, 4) is 22.3 Å². The predicted octanol–water partition coefficient (Wildman–Crippen LogP) is 20.1. The minimum atomic E-state index is -2.14. The summed E-state index contributed by atoms with van der Waals surface area (Å²) in [6, 6.07) is 26.8. The van der Waals surface area contributed by atoms with Gasteiger partial charge in [0.15, 0.2) is 0 Å². The fourth-order valence-corrected chi connectivity index (χ4v) is 29.9. The van der Waals surface area contributed by atoms with E-state index in [9.17, 15) is 0 Å². The van der Waals surface area contributed by atoms with Crippen molar-refractivity contribution in [2.24, 2.45) is 0 Å². The highest BCUT2D eigenvalue weighted by atomic mass is 28.3. The summed E-state index contributed by atoms with van der Waals surface area (Å²) in [5.74, 6) is 2.61. The van der Waals surface area contributed by atoms with Gasteiger partial charge in [0.25, 0.3) is 0 Å². The first-order valence-electron chi connectivity index (χ1n) is 27.5. The second-order valence-electron chi connectivity index (χ2n) is 25.6. The summed E-state index contributed by atoms with van der Waals surface area (Å²) in [7, 11) is -4.28. The highest BCUT2D eigenvalue weighted by molar-refractivity contribution is 6.99. The second-order valence-corrected chi connectivity index (χ2v) is 36.8. The standard InChI is InChI=1S/C66H88Si2/c1-33(2)45-27-49(35(5)6)61(50(28-45)36(7)8)55-31-53-47-23-26-58-66-60(44(22)68(58,41(17)18)42(19)20)56(62-51(37(9)10)29-46(34(3)4)30-52(62)38(11)12)32-54(64(47)66)48-24-25-57-65(63(48)53)59(55)43(21)67(57,39(13)14)40(15)16/h23-44H,1-22H3. The van der Waals surface area contributed by atoms with Crippen molar-refractivity contribution < 1.29 is 0 Å². The molecule has 68 heavy (non-hydrogen) atoms. The molecule has 360 valence electrons. The van der Waals surface area contributed by atoms with Crippen molar-refractivity contribution in [3.05, 3.63) is 105 Å². The fourth-order valence-electron chi connectivity index (χ4n) is 16.1. The van der Waals surface area contributed by atoms with Crippen molar-refractivity contribution in [2.75, 3.05) is 0 Å². The summed E-state index contributed by atoms with van der Waals surface area (Å²) >= 11 is 0. The summed E-state index contributed by atoms with van der Waals surface area (Å²) in [6.45, 7) is 55.2. The fraction of sp³-hybridized carbons (Fsp3) is 0.515. The normalized spacial score (nSPS) is 17.9. The summed E-state index contributed by atoms with van der Waals surface area (Å²) in [6.07, 6.45) is 0. The summed E-state index contributed by atoms with van der Waals surface area (Å²) < 4.78 is 0. The molecule has 0 spiro atoms. The monoisotopic (exact) mass is 937 g/mol. The van der Waals surface area contributed by atoms with Gasteiger partial charge in [-0.1, -0.05) is 211 Å². The molecule has 7 aromatic rings. The molecule has 2 unspecified atom stereocenters. The Morgan fingerprint density at radius 1 is 0.324 bits per heavy atom. The van der Waals surface area contributed by atoms with Crippen molar-refractivity contribution in [2.45, 2.75) is 221 Å². The minimum absolute atomic E-state index is 0.412. The van der Waals surface area contributed by atoms with E-state index in [0.717, 1.165) is 0 Å². The molecular formula is C66H88Si2. The predicted molar refractivity (Wildman–Crippen MR) is 311 cm³/mol. The molecule has 0 saturated carbocycles.